The molecule has 3 aliphatic heterocycles. The SMILES string of the molecule is C=C(OC(C)(C)C)N1Cc2ccccc2C1c1ncc(-c2ccc(-c3ccc(C4=C[NH2+]C([C@@H]5CCCN5C(=O)[C@@H](NC(=O)OC)C(C)C)=N4)cc3)cc2)[nH]1. The van der Waals surface area contributed by atoms with Gasteiger partial charge in [0.15, 0.2) is 5.88 Å². The Hall–Kier alpha value is -5.68. The van der Waals surface area contributed by atoms with Crippen molar-refractivity contribution in [1.29, 1.82) is 0 Å². The fraction of sp³-hybridized carbons (Fsp3) is 0.349. The van der Waals surface area contributed by atoms with Crippen molar-refractivity contribution >= 4 is 23.5 Å². The van der Waals surface area contributed by atoms with Crippen LogP contribution < -0.4 is 10.6 Å². The second-order valence-electron chi connectivity index (χ2n) is 15.5. The Bertz CT molecular complexity index is 2090. The highest BCUT2D eigenvalue weighted by Crippen LogP contribution is 2.41. The van der Waals surface area contributed by atoms with Crippen LogP contribution in [0, 0.1) is 5.92 Å². The van der Waals surface area contributed by atoms with Gasteiger partial charge in [-0.3, -0.25) is 10.1 Å². The third-order valence-electron chi connectivity index (χ3n) is 10.2. The molecule has 0 radical (unpaired) electrons. The van der Waals surface area contributed by atoms with E-state index in [0.717, 1.165) is 58.1 Å². The van der Waals surface area contributed by atoms with E-state index in [2.05, 4.69) is 94.6 Å². The number of amidine groups is 1. The van der Waals surface area contributed by atoms with Gasteiger partial charge < -0.3 is 29.6 Å². The predicted octanol–water partition coefficient (Wildman–Crippen LogP) is 6.58. The first-order chi connectivity index (χ1) is 25.9. The van der Waals surface area contributed by atoms with Gasteiger partial charge in [-0.05, 0) is 73.9 Å². The third kappa shape index (κ3) is 7.54. The lowest BCUT2D eigenvalue weighted by atomic mass is 10.0. The maximum absolute atomic E-state index is 13.6. The van der Waals surface area contributed by atoms with Gasteiger partial charge in [0.25, 0.3) is 0 Å². The Morgan fingerprint density at radius 1 is 0.963 bits per heavy atom. The second-order valence-corrected chi connectivity index (χ2v) is 15.5. The van der Waals surface area contributed by atoms with Crippen LogP contribution in [0.1, 0.15) is 76.0 Å². The summed E-state index contributed by atoms with van der Waals surface area (Å²) in [6.07, 6.45) is 5.02. The molecule has 2 amide bonds. The summed E-state index contributed by atoms with van der Waals surface area (Å²) in [6.45, 7) is 15.6. The van der Waals surface area contributed by atoms with Crippen LogP contribution in [0.15, 0.2) is 103 Å². The van der Waals surface area contributed by atoms with Crippen molar-refractivity contribution in [2.75, 3.05) is 13.7 Å². The van der Waals surface area contributed by atoms with E-state index < -0.39 is 12.1 Å². The van der Waals surface area contributed by atoms with E-state index in [1.54, 1.807) is 0 Å². The summed E-state index contributed by atoms with van der Waals surface area (Å²) in [7, 11) is 1.30. The fourth-order valence-corrected chi connectivity index (χ4v) is 7.57. The molecular formula is C43H50N7O4+. The van der Waals surface area contributed by atoms with Crippen molar-refractivity contribution in [3.05, 3.63) is 120 Å². The van der Waals surface area contributed by atoms with Gasteiger partial charge in [0.1, 0.15) is 41.4 Å². The van der Waals surface area contributed by atoms with Crippen LogP contribution in [0.2, 0.25) is 0 Å². The summed E-state index contributed by atoms with van der Waals surface area (Å²) in [4.78, 5) is 42.9. The number of H-pyrrole nitrogens is 1. The molecule has 1 saturated heterocycles. The number of nitrogens with zero attached hydrogens (tertiary/aromatic N) is 4. The number of alkyl carbamates (subject to hydrolysis) is 1. The number of quaternary nitrogens is 1. The predicted molar refractivity (Wildman–Crippen MR) is 210 cm³/mol. The number of nitrogens with two attached hydrogens (primary N) is 1. The van der Waals surface area contributed by atoms with Crippen LogP contribution in [-0.4, -0.2) is 68.9 Å². The van der Waals surface area contributed by atoms with Gasteiger partial charge in [-0.15, -0.1) is 0 Å². The highest BCUT2D eigenvalue weighted by atomic mass is 16.5. The molecule has 0 aliphatic carbocycles. The number of aromatic amines is 1. The zero-order valence-electron chi connectivity index (χ0n) is 31.9. The summed E-state index contributed by atoms with van der Waals surface area (Å²) in [6, 6.07) is 24.4. The van der Waals surface area contributed by atoms with E-state index in [9.17, 15) is 9.59 Å². The first-order valence-corrected chi connectivity index (χ1v) is 18.7. The molecule has 3 aliphatic rings. The van der Waals surface area contributed by atoms with Gasteiger partial charge in [-0.1, -0.05) is 86.6 Å². The number of amides is 2. The largest absolute Gasteiger partial charge is 0.474 e. The quantitative estimate of drug-likeness (QED) is 0.158. The third-order valence-corrected chi connectivity index (χ3v) is 10.2. The van der Waals surface area contributed by atoms with E-state index in [1.807, 2.05) is 57.2 Å². The zero-order valence-corrected chi connectivity index (χ0v) is 31.9. The number of benzene rings is 3. The van der Waals surface area contributed by atoms with Crippen molar-refractivity contribution in [3.8, 4) is 22.4 Å². The molecule has 1 aromatic heterocycles. The number of hydrogen-bond donors (Lipinski definition) is 3. The highest BCUT2D eigenvalue weighted by Gasteiger charge is 2.41. The molecule has 11 heteroatoms. The van der Waals surface area contributed by atoms with E-state index in [-0.39, 0.29) is 29.5 Å². The van der Waals surface area contributed by atoms with Crippen molar-refractivity contribution in [3.63, 3.8) is 0 Å². The number of methoxy groups -OCH3 is 1. The lowest BCUT2D eigenvalue weighted by Gasteiger charge is -2.32. The van der Waals surface area contributed by atoms with Crippen LogP contribution in [-0.2, 0) is 20.8 Å². The molecule has 7 rings (SSSR count). The van der Waals surface area contributed by atoms with Crippen molar-refractivity contribution in [2.45, 2.75) is 77.7 Å². The Kier molecular flexibility index (Phi) is 10.2. The Labute approximate surface area is 317 Å². The normalized spacial score (nSPS) is 18.6. The number of imidazole rings is 1. The maximum Gasteiger partial charge on any atom is 0.407 e. The van der Waals surface area contributed by atoms with E-state index >= 15 is 0 Å². The minimum Gasteiger partial charge on any atom is -0.474 e. The zero-order chi connectivity index (χ0) is 38.1. The lowest BCUT2D eigenvalue weighted by molar-refractivity contribution is -0.461. The molecule has 3 aromatic carbocycles. The van der Waals surface area contributed by atoms with Gasteiger partial charge in [0, 0.05) is 18.7 Å². The molecule has 0 spiro atoms. The van der Waals surface area contributed by atoms with Gasteiger partial charge in [0.05, 0.1) is 19.0 Å². The molecule has 4 aromatic rings. The van der Waals surface area contributed by atoms with Crippen molar-refractivity contribution < 1.29 is 24.4 Å². The van der Waals surface area contributed by atoms with E-state index in [0.29, 0.717) is 19.0 Å². The number of aliphatic imine (C=N–C) groups is 1. The number of fused-ring (bicyclic) bond motifs is 1. The number of ether oxygens (including phenoxy) is 2. The van der Waals surface area contributed by atoms with Gasteiger partial charge in [0.2, 0.25) is 11.7 Å². The van der Waals surface area contributed by atoms with Gasteiger partial charge in [-0.25, -0.2) is 9.78 Å². The molecule has 54 heavy (non-hydrogen) atoms. The Balaban J connectivity index is 1.03. The van der Waals surface area contributed by atoms with E-state index in [1.165, 1.54) is 18.2 Å². The van der Waals surface area contributed by atoms with Crippen LogP contribution in [0.5, 0.6) is 0 Å². The van der Waals surface area contributed by atoms with Crippen LogP contribution in [0.3, 0.4) is 0 Å². The highest BCUT2D eigenvalue weighted by molar-refractivity contribution is 5.94. The summed E-state index contributed by atoms with van der Waals surface area (Å²) in [5.41, 5.74) is 8.15. The van der Waals surface area contributed by atoms with Gasteiger partial charge in [-0.2, -0.15) is 4.99 Å². The minimum absolute atomic E-state index is 0.0821. The summed E-state index contributed by atoms with van der Waals surface area (Å²) in [5, 5.41) is 4.73. The number of hydrogen-bond acceptors (Lipinski definition) is 7. The maximum atomic E-state index is 13.6. The molecule has 280 valence electrons. The van der Waals surface area contributed by atoms with Crippen molar-refractivity contribution in [2.24, 2.45) is 10.9 Å². The fourth-order valence-electron chi connectivity index (χ4n) is 7.57. The number of carbonyl (C=O) groups excluding carboxylic acids is 2. The average Bonchev–Trinajstić information content (AvgIpc) is 3.98. The molecule has 4 heterocycles. The standard InChI is InChI=1S/C43H49N7O4/c1-26(2)37(48-42(52)53-7)41(51)49-22-10-13-36(49)39-44-23-34(46-39)30-18-14-28(15-19-30)29-16-20-31(21-17-29)35-24-45-40(47-35)38-33-12-9-8-11-32(33)25-50(38)27(3)54-43(4,5)6/h8-9,11-12,14-21,23-24,26,36-38H,3,10,13,22,25H2,1-2,4-7H3,(H,44,46)(H,45,47)(H,48,52)/p+1/t36-,37-,38?/m0/s1. The monoisotopic (exact) mass is 728 g/mol. The summed E-state index contributed by atoms with van der Waals surface area (Å²) >= 11 is 0. The van der Waals surface area contributed by atoms with Crippen LogP contribution in [0.4, 0.5) is 4.79 Å². The summed E-state index contributed by atoms with van der Waals surface area (Å²) in [5.74, 6) is 2.16. The van der Waals surface area contributed by atoms with Crippen molar-refractivity contribution in [1.82, 2.24) is 25.1 Å². The smallest absolute Gasteiger partial charge is 0.407 e. The van der Waals surface area contributed by atoms with Crippen LogP contribution in [0.25, 0.3) is 28.1 Å². The molecule has 1 unspecified atom stereocenters. The summed E-state index contributed by atoms with van der Waals surface area (Å²) < 4.78 is 11.0. The number of nitrogens with one attached hydrogen (secondary N) is 2. The molecular weight excluding hydrogens is 679 g/mol. The Morgan fingerprint density at radius 2 is 1.63 bits per heavy atom. The van der Waals surface area contributed by atoms with Gasteiger partial charge >= 0.3 is 6.09 Å². The number of carbonyl (C=O) groups is 2. The number of rotatable bonds is 10. The number of likely N-dealkylation sites (tertiary alicyclic amines) is 1. The minimum atomic E-state index is -0.660. The second kappa shape index (κ2) is 15.0. The number of aromatic nitrogens is 2. The molecule has 3 atom stereocenters. The van der Waals surface area contributed by atoms with E-state index in [4.69, 9.17) is 19.5 Å². The lowest BCUT2D eigenvalue weighted by Crippen LogP contribution is -2.84. The Morgan fingerprint density at radius 3 is 2.30 bits per heavy atom. The van der Waals surface area contributed by atoms with Crippen LogP contribution >= 0.6 is 0 Å². The molecule has 0 bridgehead atoms. The first-order valence-electron chi connectivity index (χ1n) is 18.7. The topological polar surface area (TPSA) is 129 Å². The molecule has 11 nitrogen and oxygen atoms in total. The molecule has 0 saturated carbocycles. The average molecular weight is 729 g/mol. The molecule has 4 N–H and O–H groups in total. The molecule has 1 fully saturated rings. The first kappa shape index (κ1) is 36.7.